The number of imidazole rings is 1. The normalized spacial score (nSPS) is 12.0. The van der Waals surface area contributed by atoms with Gasteiger partial charge >= 0.3 is 6.03 Å². The topological polar surface area (TPSA) is 69.8 Å². The molecule has 3 rings (SSSR count). The molecule has 3 aromatic rings. The Morgan fingerprint density at radius 2 is 1.81 bits per heavy atom. The molecule has 0 fully saturated rings. The number of hydrogen-bond acceptors (Lipinski definition) is 2. The summed E-state index contributed by atoms with van der Waals surface area (Å²) in [5.74, 6) is 0.736. The number of carbonyl (C=O) groups excluding carboxylic acids is 1. The third kappa shape index (κ3) is 3.02. The molecule has 2 aromatic carbocycles. The number of H-pyrrole nitrogens is 1. The van der Waals surface area contributed by atoms with Gasteiger partial charge in [-0.3, -0.25) is 0 Å². The highest BCUT2D eigenvalue weighted by atomic mass is 16.2. The number of anilines is 1. The highest BCUT2D eigenvalue weighted by Gasteiger charge is 2.13. The van der Waals surface area contributed by atoms with E-state index in [1.54, 1.807) is 0 Å². The zero-order valence-corrected chi connectivity index (χ0v) is 11.6. The number of nitrogens with one attached hydrogen (secondary N) is 3. The Labute approximate surface area is 122 Å². The molecule has 106 valence electrons. The summed E-state index contributed by atoms with van der Waals surface area (Å²) in [6.45, 7) is 1.89. The summed E-state index contributed by atoms with van der Waals surface area (Å²) < 4.78 is 0. The van der Waals surface area contributed by atoms with Crippen molar-refractivity contribution in [1.82, 2.24) is 15.3 Å². The van der Waals surface area contributed by atoms with Gasteiger partial charge in [0, 0.05) is 5.69 Å². The number of aromatic nitrogens is 2. The van der Waals surface area contributed by atoms with E-state index in [0.29, 0.717) is 0 Å². The van der Waals surface area contributed by atoms with Gasteiger partial charge < -0.3 is 15.6 Å². The molecule has 5 nitrogen and oxygen atoms in total. The van der Waals surface area contributed by atoms with Crippen molar-refractivity contribution in [3.63, 3.8) is 0 Å². The molecule has 0 aliphatic rings. The molecule has 1 atom stereocenters. The van der Waals surface area contributed by atoms with E-state index >= 15 is 0 Å². The highest BCUT2D eigenvalue weighted by molar-refractivity contribution is 5.89. The van der Waals surface area contributed by atoms with Crippen LogP contribution in [0.5, 0.6) is 0 Å². The second kappa shape index (κ2) is 5.66. The van der Waals surface area contributed by atoms with Crippen LogP contribution in [0.15, 0.2) is 54.6 Å². The molecule has 0 bridgehead atoms. The molecule has 0 aliphatic heterocycles. The molecule has 1 heterocycles. The summed E-state index contributed by atoms with van der Waals surface area (Å²) in [5, 5.41) is 5.65. The first-order chi connectivity index (χ1) is 10.2. The molecule has 3 N–H and O–H groups in total. The van der Waals surface area contributed by atoms with Gasteiger partial charge in [-0.05, 0) is 31.2 Å². The molecule has 0 saturated heterocycles. The van der Waals surface area contributed by atoms with Crippen LogP contribution in [0.1, 0.15) is 18.8 Å². The maximum atomic E-state index is 11.9. The van der Waals surface area contributed by atoms with Crippen molar-refractivity contribution in [2.24, 2.45) is 0 Å². The number of amides is 2. The number of carbonyl (C=O) groups is 1. The standard InChI is InChI=1S/C16H16N4O/c1-11(15-19-13-9-5-6-10-14(13)20-15)17-16(21)18-12-7-3-2-4-8-12/h2-11H,1H3,(H,19,20)(H2,17,18,21). The van der Waals surface area contributed by atoms with E-state index in [9.17, 15) is 4.79 Å². The Hall–Kier alpha value is -2.82. The first-order valence-corrected chi connectivity index (χ1v) is 6.79. The smallest absolute Gasteiger partial charge is 0.319 e. The number of benzene rings is 2. The summed E-state index contributed by atoms with van der Waals surface area (Å²) in [5.41, 5.74) is 2.61. The third-order valence-electron chi connectivity index (χ3n) is 3.20. The lowest BCUT2D eigenvalue weighted by Crippen LogP contribution is -2.31. The van der Waals surface area contributed by atoms with Gasteiger partial charge in [0.25, 0.3) is 0 Å². The van der Waals surface area contributed by atoms with E-state index in [2.05, 4.69) is 20.6 Å². The zero-order chi connectivity index (χ0) is 14.7. The Balaban J connectivity index is 1.68. The van der Waals surface area contributed by atoms with Crippen LogP contribution in [0, 0.1) is 0 Å². The molecule has 21 heavy (non-hydrogen) atoms. The number of aromatic amines is 1. The van der Waals surface area contributed by atoms with Crippen LogP contribution in [0.4, 0.5) is 10.5 Å². The van der Waals surface area contributed by atoms with Gasteiger partial charge in [-0.25, -0.2) is 9.78 Å². The summed E-state index contributed by atoms with van der Waals surface area (Å²) in [4.78, 5) is 19.6. The number of para-hydroxylation sites is 3. The lowest BCUT2D eigenvalue weighted by atomic mass is 10.3. The third-order valence-corrected chi connectivity index (χ3v) is 3.20. The molecule has 2 amide bonds. The summed E-state index contributed by atoms with van der Waals surface area (Å²) in [7, 11) is 0. The number of rotatable bonds is 3. The lowest BCUT2D eigenvalue weighted by Gasteiger charge is -2.12. The van der Waals surface area contributed by atoms with Crippen molar-refractivity contribution in [2.75, 3.05) is 5.32 Å². The maximum absolute atomic E-state index is 11.9. The van der Waals surface area contributed by atoms with Crippen molar-refractivity contribution in [3.8, 4) is 0 Å². The molecule has 0 saturated carbocycles. The lowest BCUT2D eigenvalue weighted by molar-refractivity contribution is 0.249. The molecule has 1 unspecified atom stereocenters. The minimum atomic E-state index is -0.255. The first kappa shape index (κ1) is 13.2. The highest BCUT2D eigenvalue weighted by Crippen LogP contribution is 2.15. The van der Waals surface area contributed by atoms with E-state index in [1.165, 1.54) is 0 Å². The van der Waals surface area contributed by atoms with Gasteiger partial charge in [0.15, 0.2) is 0 Å². The molecular formula is C16H16N4O. The van der Waals surface area contributed by atoms with Gasteiger partial charge in [-0.15, -0.1) is 0 Å². The zero-order valence-electron chi connectivity index (χ0n) is 11.6. The monoisotopic (exact) mass is 280 g/mol. The minimum absolute atomic E-state index is 0.207. The largest absolute Gasteiger partial charge is 0.340 e. The Morgan fingerprint density at radius 3 is 2.57 bits per heavy atom. The SMILES string of the molecule is CC(NC(=O)Nc1ccccc1)c1nc2ccccc2[nH]1. The van der Waals surface area contributed by atoms with Crippen molar-refractivity contribution < 1.29 is 4.79 Å². The summed E-state index contributed by atoms with van der Waals surface area (Å²) in [6.07, 6.45) is 0. The van der Waals surface area contributed by atoms with Gasteiger partial charge in [0.05, 0.1) is 17.1 Å². The average molecular weight is 280 g/mol. The maximum Gasteiger partial charge on any atom is 0.319 e. The second-order valence-corrected chi connectivity index (χ2v) is 4.83. The first-order valence-electron chi connectivity index (χ1n) is 6.79. The average Bonchev–Trinajstić information content (AvgIpc) is 2.92. The van der Waals surface area contributed by atoms with Crippen LogP contribution in [-0.2, 0) is 0 Å². The summed E-state index contributed by atoms with van der Waals surface area (Å²) in [6, 6.07) is 16.6. The van der Waals surface area contributed by atoms with Crippen molar-refractivity contribution in [2.45, 2.75) is 13.0 Å². The van der Waals surface area contributed by atoms with Crippen molar-refractivity contribution in [1.29, 1.82) is 0 Å². The van der Waals surface area contributed by atoms with Crippen molar-refractivity contribution in [3.05, 3.63) is 60.4 Å². The Kier molecular flexibility index (Phi) is 3.55. The Bertz CT molecular complexity index is 718. The predicted octanol–water partition coefficient (Wildman–Crippen LogP) is 3.45. The van der Waals surface area contributed by atoms with Crippen molar-refractivity contribution >= 4 is 22.8 Å². The van der Waals surface area contributed by atoms with E-state index in [-0.39, 0.29) is 12.1 Å². The second-order valence-electron chi connectivity index (χ2n) is 4.83. The van der Waals surface area contributed by atoms with Crippen LogP contribution in [0.3, 0.4) is 0 Å². The van der Waals surface area contributed by atoms with Crippen LogP contribution >= 0.6 is 0 Å². The number of fused-ring (bicyclic) bond motifs is 1. The van der Waals surface area contributed by atoms with Gasteiger partial charge in [-0.2, -0.15) is 0 Å². The van der Waals surface area contributed by atoms with Crippen LogP contribution in [0.2, 0.25) is 0 Å². The fraction of sp³-hybridized carbons (Fsp3) is 0.125. The molecule has 0 spiro atoms. The quantitative estimate of drug-likeness (QED) is 0.687. The number of nitrogens with zero attached hydrogens (tertiary/aromatic N) is 1. The molecule has 5 heteroatoms. The van der Waals surface area contributed by atoms with E-state index < -0.39 is 0 Å². The molecule has 0 aliphatic carbocycles. The minimum Gasteiger partial charge on any atom is -0.340 e. The summed E-state index contributed by atoms with van der Waals surface area (Å²) >= 11 is 0. The van der Waals surface area contributed by atoms with Crippen LogP contribution in [-0.4, -0.2) is 16.0 Å². The van der Waals surface area contributed by atoms with Gasteiger partial charge in [-0.1, -0.05) is 30.3 Å². The fourth-order valence-electron chi connectivity index (χ4n) is 2.13. The molecular weight excluding hydrogens is 264 g/mol. The fourth-order valence-corrected chi connectivity index (χ4v) is 2.13. The van der Waals surface area contributed by atoms with E-state index in [1.807, 2.05) is 61.5 Å². The number of urea groups is 1. The van der Waals surface area contributed by atoms with Gasteiger partial charge in [0.1, 0.15) is 5.82 Å². The molecule has 0 radical (unpaired) electrons. The van der Waals surface area contributed by atoms with Crippen LogP contribution < -0.4 is 10.6 Å². The number of hydrogen-bond donors (Lipinski definition) is 3. The predicted molar refractivity (Wildman–Crippen MR) is 83.1 cm³/mol. The molecule has 1 aromatic heterocycles. The van der Waals surface area contributed by atoms with Crippen LogP contribution in [0.25, 0.3) is 11.0 Å². The van der Waals surface area contributed by atoms with E-state index in [4.69, 9.17) is 0 Å². The Morgan fingerprint density at radius 1 is 1.10 bits per heavy atom. The van der Waals surface area contributed by atoms with Gasteiger partial charge in [0.2, 0.25) is 0 Å². The van der Waals surface area contributed by atoms with E-state index in [0.717, 1.165) is 22.5 Å².